The number of hydrogen-bond donors (Lipinski definition) is 1. The topological polar surface area (TPSA) is 50.7 Å². The Hall–Kier alpha value is -2.88. The molecule has 0 radical (unpaired) electrons. The number of fused-ring (bicyclic) bond motifs is 2. The summed E-state index contributed by atoms with van der Waals surface area (Å²) in [5, 5.41) is 2.05. The van der Waals surface area contributed by atoms with Crippen LogP contribution in [0, 0.1) is 0 Å². The fraction of sp³-hybridized carbons (Fsp3) is 0.111. The zero-order valence-electron chi connectivity index (χ0n) is 12.2. The average molecular weight is 289 g/mol. The molecule has 0 bridgehead atoms. The third kappa shape index (κ3) is 1.84. The van der Waals surface area contributed by atoms with Crippen molar-refractivity contribution >= 4 is 21.8 Å². The van der Waals surface area contributed by atoms with Gasteiger partial charge in [0.05, 0.1) is 5.52 Å². The number of pyridine rings is 2. The SMILES string of the molecule is CCn1cc(-c2ccc3ncccc3c2)c2cc[nH]c2c1=O. The molecule has 22 heavy (non-hydrogen) atoms. The molecule has 1 N–H and O–H groups in total. The van der Waals surface area contributed by atoms with Crippen LogP contribution in [0.25, 0.3) is 32.9 Å². The summed E-state index contributed by atoms with van der Waals surface area (Å²) in [6.07, 6.45) is 5.55. The Morgan fingerprint density at radius 2 is 2.14 bits per heavy atom. The maximum Gasteiger partial charge on any atom is 0.274 e. The van der Waals surface area contributed by atoms with E-state index in [1.807, 2.05) is 37.5 Å². The molecule has 108 valence electrons. The van der Waals surface area contributed by atoms with Gasteiger partial charge in [-0.1, -0.05) is 12.1 Å². The minimum atomic E-state index is 0.0219. The molecule has 0 aliphatic rings. The van der Waals surface area contributed by atoms with Gasteiger partial charge < -0.3 is 9.55 Å². The first-order valence-electron chi connectivity index (χ1n) is 7.33. The van der Waals surface area contributed by atoms with Crippen LogP contribution >= 0.6 is 0 Å². The van der Waals surface area contributed by atoms with Crippen molar-refractivity contribution in [3.05, 3.63) is 65.3 Å². The van der Waals surface area contributed by atoms with Gasteiger partial charge in [0.15, 0.2) is 0 Å². The number of nitrogens with zero attached hydrogens (tertiary/aromatic N) is 2. The quantitative estimate of drug-likeness (QED) is 0.613. The van der Waals surface area contributed by atoms with Gasteiger partial charge in [-0.05, 0) is 36.8 Å². The molecule has 0 unspecified atom stereocenters. The summed E-state index contributed by atoms with van der Waals surface area (Å²) in [4.78, 5) is 19.8. The van der Waals surface area contributed by atoms with Gasteiger partial charge in [0, 0.05) is 41.5 Å². The van der Waals surface area contributed by atoms with Gasteiger partial charge in [-0.2, -0.15) is 0 Å². The minimum absolute atomic E-state index is 0.0219. The normalized spacial score (nSPS) is 11.3. The number of nitrogens with one attached hydrogen (secondary N) is 1. The van der Waals surface area contributed by atoms with Gasteiger partial charge in [-0.3, -0.25) is 9.78 Å². The van der Waals surface area contributed by atoms with E-state index in [4.69, 9.17) is 0 Å². The highest BCUT2D eigenvalue weighted by molar-refractivity contribution is 5.96. The molecular weight excluding hydrogens is 274 g/mol. The monoisotopic (exact) mass is 289 g/mol. The largest absolute Gasteiger partial charge is 0.357 e. The highest BCUT2D eigenvalue weighted by Gasteiger charge is 2.11. The van der Waals surface area contributed by atoms with Crippen LogP contribution < -0.4 is 5.56 Å². The Bertz CT molecular complexity index is 1040. The van der Waals surface area contributed by atoms with Crippen LogP contribution in [-0.4, -0.2) is 14.5 Å². The zero-order chi connectivity index (χ0) is 15.1. The maximum absolute atomic E-state index is 12.3. The Labute approximate surface area is 127 Å². The Morgan fingerprint density at radius 1 is 1.23 bits per heavy atom. The summed E-state index contributed by atoms with van der Waals surface area (Å²) in [5.74, 6) is 0. The van der Waals surface area contributed by atoms with Crippen LogP contribution in [0.2, 0.25) is 0 Å². The molecule has 4 heteroatoms. The van der Waals surface area contributed by atoms with Crippen molar-refractivity contribution in [2.45, 2.75) is 13.5 Å². The molecule has 0 saturated heterocycles. The molecule has 3 aromatic heterocycles. The lowest BCUT2D eigenvalue weighted by molar-refractivity contribution is 0.734. The van der Waals surface area contributed by atoms with E-state index in [-0.39, 0.29) is 5.56 Å². The van der Waals surface area contributed by atoms with Crippen molar-refractivity contribution in [3.8, 4) is 11.1 Å². The van der Waals surface area contributed by atoms with E-state index in [0.717, 1.165) is 27.4 Å². The van der Waals surface area contributed by atoms with Crippen molar-refractivity contribution in [2.75, 3.05) is 0 Å². The molecule has 0 atom stereocenters. The third-order valence-corrected chi connectivity index (χ3v) is 4.05. The lowest BCUT2D eigenvalue weighted by Crippen LogP contribution is -2.19. The van der Waals surface area contributed by atoms with E-state index < -0.39 is 0 Å². The van der Waals surface area contributed by atoms with Gasteiger partial charge in [0.2, 0.25) is 0 Å². The van der Waals surface area contributed by atoms with Crippen molar-refractivity contribution < 1.29 is 0 Å². The number of aromatic nitrogens is 3. The molecular formula is C18H15N3O. The standard InChI is InChI=1S/C18H15N3O/c1-2-21-11-15(14-7-9-20-17(14)18(21)22)12-5-6-16-13(10-12)4-3-8-19-16/h3-11,20H,2H2,1H3. The highest BCUT2D eigenvalue weighted by atomic mass is 16.1. The zero-order valence-corrected chi connectivity index (χ0v) is 12.2. The van der Waals surface area contributed by atoms with Gasteiger partial charge in [-0.25, -0.2) is 0 Å². The molecule has 0 fully saturated rings. The fourth-order valence-electron chi connectivity index (χ4n) is 2.91. The van der Waals surface area contributed by atoms with Crippen LogP contribution in [-0.2, 0) is 6.54 Å². The van der Waals surface area contributed by atoms with E-state index in [9.17, 15) is 4.79 Å². The molecule has 4 nitrogen and oxygen atoms in total. The maximum atomic E-state index is 12.3. The first kappa shape index (κ1) is 12.8. The van der Waals surface area contributed by atoms with Crippen molar-refractivity contribution in [3.63, 3.8) is 0 Å². The van der Waals surface area contributed by atoms with Crippen LogP contribution in [0.3, 0.4) is 0 Å². The summed E-state index contributed by atoms with van der Waals surface area (Å²) in [6, 6.07) is 12.1. The average Bonchev–Trinajstić information content (AvgIpc) is 3.05. The van der Waals surface area contributed by atoms with Gasteiger partial charge in [-0.15, -0.1) is 0 Å². The van der Waals surface area contributed by atoms with Gasteiger partial charge >= 0.3 is 0 Å². The summed E-state index contributed by atoms with van der Waals surface area (Å²) < 4.78 is 1.74. The second-order valence-corrected chi connectivity index (χ2v) is 5.31. The smallest absolute Gasteiger partial charge is 0.274 e. The molecule has 3 heterocycles. The number of hydrogen-bond acceptors (Lipinski definition) is 2. The summed E-state index contributed by atoms with van der Waals surface area (Å²) >= 11 is 0. The second kappa shape index (κ2) is 4.84. The molecule has 0 saturated carbocycles. The lowest BCUT2D eigenvalue weighted by Gasteiger charge is -2.09. The molecule has 4 aromatic rings. The summed E-state index contributed by atoms with van der Waals surface area (Å²) in [6.45, 7) is 2.63. The first-order chi connectivity index (χ1) is 10.8. The number of aromatic amines is 1. The van der Waals surface area contributed by atoms with E-state index in [0.29, 0.717) is 12.1 Å². The van der Waals surface area contributed by atoms with Crippen LogP contribution in [0.1, 0.15) is 6.92 Å². The predicted octanol–water partition coefficient (Wildman–Crippen LogP) is 3.56. The minimum Gasteiger partial charge on any atom is -0.357 e. The number of aryl methyl sites for hydroxylation is 1. The molecule has 1 aromatic carbocycles. The van der Waals surface area contributed by atoms with Gasteiger partial charge in [0.25, 0.3) is 5.56 Å². The molecule has 4 rings (SSSR count). The van der Waals surface area contributed by atoms with Crippen LogP contribution in [0.5, 0.6) is 0 Å². The Morgan fingerprint density at radius 3 is 3.00 bits per heavy atom. The van der Waals surface area contributed by atoms with Crippen molar-refractivity contribution in [2.24, 2.45) is 0 Å². The third-order valence-electron chi connectivity index (χ3n) is 4.05. The number of rotatable bonds is 2. The van der Waals surface area contributed by atoms with Gasteiger partial charge in [0.1, 0.15) is 5.52 Å². The second-order valence-electron chi connectivity index (χ2n) is 5.31. The van der Waals surface area contributed by atoms with E-state index in [2.05, 4.69) is 28.2 Å². The van der Waals surface area contributed by atoms with E-state index in [1.165, 1.54) is 0 Å². The van der Waals surface area contributed by atoms with E-state index in [1.54, 1.807) is 10.8 Å². The number of H-pyrrole nitrogens is 1. The molecule has 0 aliphatic heterocycles. The van der Waals surface area contributed by atoms with Crippen molar-refractivity contribution in [1.82, 2.24) is 14.5 Å². The Balaban J connectivity index is 2.05. The molecule has 0 amide bonds. The Kier molecular flexibility index (Phi) is 2.82. The van der Waals surface area contributed by atoms with Crippen LogP contribution in [0.4, 0.5) is 0 Å². The summed E-state index contributed by atoms with van der Waals surface area (Å²) in [5.41, 5.74) is 3.80. The number of benzene rings is 1. The van der Waals surface area contributed by atoms with Crippen molar-refractivity contribution in [1.29, 1.82) is 0 Å². The summed E-state index contributed by atoms with van der Waals surface area (Å²) in [7, 11) is 0. The molecule has 0 aliphatic carbocycles. The predicted molar refractivity (Wildman–Crippen MR) is 89.0 cm³/mol. The highest BCUT2D eigenvalue weighted by Crippen LogP contribution is 2.28. The first-order valence-corrected chi connectivity index (χ1v) is 7.33. The fourth-order valence-corrected chi connectivity index (χ4v) is 2.91. The molecule has 0 spiro atoms. The lowest BCUT2D eigenvalue weighted by atomic mass is 10.0. The van der Waals surface area contributed by atoms with Crippen LogP contribution in [0.15, 0.2) is 59.8 Å². The van der Waals surface area contributed by atoms with E-state index >= 15 is 0 Å².